The first kappa shape index (κ1) is 18.8. The molecule has 2 N–H and O–H groups in total. The van der Waals surface area contributed by atoms with Crippen molar-refractivity contribution in [2.24, 2.45) is 5.92 Å². The molecule has 22 heavy (non-hydrogen) atoms. The van der Waals surface area contributed by atoms with Crippen LogP contribution in [0, 0.1) is 5.92 Å². The molecule has 0 saturated heterocycles. The third kappa shape index (κ3) is 5.50. The number of carbonyl (C=O) groups is 1. The third-order valence-electron chi connectivity index (χ3n) is 3.18. The first-order chi connectivity index (χ1) is 10.4. The summed E-state index contributed by atoms with van der Waals surface area (Å²) in [6.45, 7) is 6.90. The second-order valence-electron chi connectivity index (χ2n) is 5.43. The standard InChI is InChI=1S/C16H24BrNO4/c1-5-22-15-7-11(12(17)8-14(15)21-4)9-18-13(16(19)20)6-10(2)3/h7-8,10,13,18H,5-6,9H2,1-4H3,(H,19,20). The van der Waals surface area contributed by atoms with Gasteiger partial charge < -0.3 is 19.9 Å². The lowest BCUT2D eigenvalue weighted by atomic mass is 10.0. The Hall–Kier alpha value is -1.27. The van der Waals surface area contributed by atoms with Gasteiger partial charge in [-0.1, -0.05) is 29.8 Å². The molecule has 1 unspecified atom stereocenters. The van der Waals surface area contributed by atoms with E-state index in [0.717, 1.165) is 10.0 Å². The van der Waals surface area contributed by atoms with Crippen molar-refractivity contribution in [1.29, 1.82) is 0 Å². The lowest BCUT2D eigenvalue weighted by Gasteiger charge is -2.18. The zero-order valence-corrected chi connectivity index (χ0v) is 15.1. The fraction of sp³-hybridized carbons (Fsp3) is 0.562. The second kappa shape index (κ2) is 9.00. The number of aliphatic carboxylic acids is 1. The van der Waals surface area contributed by atoms with Crippen LogP contribution in [0.5, 0.6) is 11.5 Å². The molecule has 0 aromatic heterocycles. The summed E-state index contributed by atoms with van der Waals surface area (Å²) >= 11 is 3.49. The fourth-order valence-electron chi connectivity index (χ4n) is 2.12. The van der Waals surface area contributed by atoms with Crippen LogP contribution in [-0.4, -0.2) is 30.8 Å². The van der Waals surface area contributed by atoms with E-state index in [4.69, 9.17) is 9.47 Å². The average molecular weight is 374 g/mol. The maximum absolute atomic E-state index is 11.3. The first-order valence-corrected chi connectivity index (χ1v) is 8.13. The van der Waals surface area contributed by atoms with E-state index in [1.165, 1.54) is 0 Å². The largest absolute Gasteiger partial charge is 0.493 e. The molecule has 0 heterocycles. The summed E-state index contributed by atoms with van der Waals surface area (Å²) in [6.07, 6.45) is 0.585. The Kier molecular flexibility index (Phi) is 7.68. The van der Waals surface area contributed by atoms with Crippen molar-refractivity contribution in [3.8, 4) is 11.5 Å². The van der Waals surface area contributed by atoms with E-state index in [1.807, 2.05) is 32.9 Å². The van der Waals surface area contributed by atoms with Gasteiger partial charge in [-0.25, -0.2) is 0 Å². The summed E-state index contributed by atoms with van der Waals surface area (Å²) in [5, 5.41) is 12.4. The van der Waals surface area contributed by atoms with E-state index in [9.17, 15) is 9.90 Å². The highest BCUT2D eigenvalue weighted by molar-refractivity contribution is 9.10. The van der Waals surface area contributed by atoms with Gasteiger partial charge >= 0.3 is 5.97 Å². The average Bonchev–Trinajstić information content (AvgIpc) is 2.45. The maximum atomic E-state index is 11.3. The molecule has 1 aromatic carbocycles. The Morgan fingerprint density at radius 3 is 2.55 bits per heavy atom. The van der Waals surface area contributed by atoms with Gasteiger partial charge in [0.05, 0.1) is 13.7 Å². The van der Waals surface area contributed by atoms with E-state index in [1.54, 1.807) is 7.11 Å². The number of hydrogen-bond donors (Lipinski definition) is 2. The molecular formula is C16H24BrNO4. The van der Waals surface area contributed by atoms with Crippen molar-refractivity contribution in [3.05, 3.63) is 22.2 Å². The van der Waals surface area contributed by atoms with Crippen LogP contribution in [0.4, 0.5) is 0 Å². The highest BCUT2D eigenvalue weighted by Crippen LogP contribution is 2.33. The minimum absolute atomic E-state index is 0.312. The number of hydrogen-bond acceptors (Lipinski definition) is 4. The quantitative estimate of drug-likeness (QED) is 0.693. The molecule has 0 bridgehead atoms. The van der Waals surface area contributed by atoms with Crippen molar-refractivity contribution in [2.75, 3.05) is 13.7 Å². The van der Waals surface area contributed by atoms with Crippen molar-refractivity contribution in [3.63, 3.8) is 0 Å². The zero-order chi connectivity index (χ0) is 16.7. The third-order valence-corrected chi connectivity index (χ3v) is 3.91. The van der Waals surface area contributed by atoms with Gasteiger partial charge in [0.2, 0.25) is 0 Å². The fourth-order valence-corrected chi connectivity index (χ4v) is 2.58. The minimum atomic E-state index is -0.830. The molecule has 5 nitrogen and oxygen atoms in total. The molecule has 6 heteroatoms. The van der Waals surface area contributed by atoms with Gasteiger partial charge in [0.25, 0.3) is 0 Å². The molecule has 0 aliphatic rings. The van der Waals surface area contributed by atoms with E-state index >= 15 is 0 Å². The van der Waals surface area contributed by atoms with Gasteiger partial charge in [-0.15, -0.1) is 0 Å². The summed E-state index contributed by atoms with van der Waals surface area (Å²) in [6, 6.07) is 3.14. The van der Waals surface area contributed by atoms with Crippen molar-refractivity contribution < 1.29 is 19.4 Å². The van der Waals surface area contributed by atoms with Crippen LogP contribution in [0.15, 0.2) is 16.6 Å². The summed E-state index contributed by atoms with van der Waals surface area (Å²) in [5.41, 5.74) is 0.930. The molecule has 0 saturated carbocycles. The maximum Gasteiger partial charge on any atom is 0.320 e. The number of rotatable bonds is 9. The molecule has 1 atom stereocenters. The van der Waals surface area contributed by atoms with Gasteiger partial charge in [-0.3, -0.25) is 4.79 Å². The van der Waals surface area contributed by atoms with Gasteiger partial charge in [-0.2, -0.15) is 0 Å². The molecule has 0 radical (unpaired) electrons. The topological polar surface area (TPSA) is 67.8 Å². The van der Waals surface area contributed by atoms with Crippen LogP contribution in [0.3, 0.4) is 0 Å². The van der Waals surface area contributed by atoms with Crippen LogP contribution in [0.2, 0.25) is 0 Å². The number of methoxy groups -OCH3 is 1. The number of carboxylic acids is 1. The Morgan fingerprint density at radius 1 is 1.36 bits per heavy atom. The van der Waals surface area contributed by atoms with Crippen LogP contribution in [0.25, 0.3) is 0 Å². The van der Waals surface area contributed by atoms with Gasteiger partial charge in [0.1, 0.15) is 6.04 Å². The molecule has 0 fully saturated rings. The number of carboxylic acid groups (broad SMARTS) is 1. The summed E-state index contributed by atoms with van der Waals surface area (Å²) < 4.78 is 11.7. The summed E-state index contributed by atoms with van der Waals surface area (Å²) in [5.74, 6) is 0.783. The predicted molar refractivity (Wildman–Crippen MR) is 89.6 cm³/mol. The monoisotopic (exact) mass is 373 g/mol. The Morgan fingerprint density at radius 2 is 2.05 bits per heavy atom. The molecule has 0 spiro atoms. The number of nitrogens with one attached hydrogen (secondary N) is 1. The normalized spacial score (nSPS) is 12.3. The Balaban J connectivity index is 2.87. The van der Waals surface area contributed by atoms with E-state index < -0.39 is 12.0 Å². The van der Waals surface area contributed by atoms with Crippen LogP contribution in [-0.2, 0) is 11.3 Å². The van der Waals surface area contributed by atoms with Crippen molar-refractivity contribution >= 4 is 21.9 Å². The van der Waals surface area contributed by atoms with Crippen molar-refractivity contribution in [2.45, 2.75) is 39.8 Å². The van der Waals surface area contributed by atoms with E-state index in [-0.39, 0.29) is 0 Å². The van der Waals surface area contributed by atoms with Crippen LogP contribution >= 0.6 is 15.9 Å². The van der Waals surface area contributed by atoms with E-state index in [2.05, 4.69) is 21.2 Å². The smallest absolute Gasteiger partial charge is 0.320 e. The lowest BCUT2D eigenvalue weighted by molar-refractivity contribution is -0.140. The van der Waals surface area contributed by atoms with Crippen molar-refractivity contribution in [1.82, 2.24) is 5.32 Å². The van der Waals surface area contributed by atoms with Gasteiger partial charge in [0.15, 0.2) is 11.5 Å². The Bertz CT molecular complexity index is 505. The van der Waals surface area contributed by atoms with Gasteiger partial charge in [0, 0.05) is 11.0 Å². The molecule has 124 valence electrons. The predicted octanol–water partition coefficient (Wildman–Crippen LogP) is 3.45. The minimum Gasteiger partial charge on any atom is -0.493 e. The molecule has 0 aliphatic heterocycles. The Labute approximate surface area is 140 Å². The molecular weight excluding hydrogens is 350 g/mol. The number of ether oxygens (including phenoxy) is 2. The lowest BCUT2D eigenvalue weighted by Crippen LogP contribution is -2.37. The second-order valence-corrected chi connectivity index (χ2v) is 6.28. The van der Waals surface area contributed by atoms with Crippen LogP contribution in [0.1, 0.15) is 32.8 Å². The summed E-state index contributed by atoms with van der Waals surface area (Å²) in [4.78, 5) is 11.3. The number of benzene rings is 1. The highest BCUT2D eigenvalue weighted by atomic mass is 79.9. The SMILES string of the molecule is CCOc1cc(CNC(CC(C)C)C(=O)O)c(Br)cc1OC. The van der Waals surface area contributed by atoms with Gasteiger partial charge in [-0.05, 0) is 37.0 Å². The van der Waals surface area contributed by atoms with E-state index in [0.29, 0.717) is 37.0 Å². The molecule has 0 amide bonds. The van der Waals surface area contributed by atoms with Crippen LogP contribution < -0.4 is 14.8 Å². The molecule has 1 rings (SSSR count). The first-order valence-electron chi connectivity index (χ1n) is 7.34. The zero-order valence-electron chi connectivity index (χ0n) is 13.5. The number of halogens is 1. The highest BCUT2D eigenvalue weighted by Gasteiger charge is 2.19. The molecule has 1 aromatic rings. The summed E-state index contributed by atoms with van der Waals surface area (Å²) in [7, 11) is 1.59. The molecule has 0 aliphatic carbocycles.